The predicted molar refractivity (Wildman–Crippen MR) is 92.0 cm³/mol. The molecular weight excluding hydrogens is 339 g/mol. The standard InChI is InChI=1S/C16H16Cl2N2OS/c17-14-2-1-13(9-15(14)18)16(21)20-6-4-19(5-7-20)10-12-3-8-22-11-12/h1-3,8-9,11H,4-7,10H2. The SMILES string of the molecule is O=C(c1ccc(Cl)c(Cl)c1)N1CCN(Cc2ccsc2)CC1. The summed E-state index contributed by atoms with van der Waals surface area (Å²) >= 11 is 13.6. The fourth-order valence-electron chi connectivity index (χ4n) is 2.56. The molecule has 116 valence electrons. The van der Waals surface area contributed by atoms with E-state index in [1.54, 1.807) is 29.5 Å². The third-order valence-electron chi connectivity index (χ3n) is 3.81. The second-order valence-corrected chi connectivity index (χ2v) is 6.92. The van der Waals surface area contributed by atoms with Crippen LogP contribution in [0, 0.1) is 0 Å². The molecular formula is C16H16Cl2N2OS. The van der Waals surface area contributed by atoms with E-state index < -0.39 is 0 Å². The van der Waals surface area contributed by atoms with Gasteiger partial charge in [0.05, 0.1) is 10.0 Å². The normalized spacial score (nSPS) is 16.0. The fourth-order valence-corrected chi connectivity index (χ4v) is 3.52. The van der Waals surface area contributed by atoms with Crippen molar-refractivity contribution in [2.24, 2.45) is 0 Å². The molecule has 2 heterocycles. The molecule has 0 spiro atoms. The molecule has 0 radical (unpaired) electrons. The number of halogens is 2. The van der Waals surface area contributed by atoms with Crippen LogP contribution >= 0.6 is 34.5 Å². The molecule has 0 atom stereocenters. The van der Waals surface area contributed by atoms with Crippen LogP contribution in [0.4, 0.5) is 0 Å². The van der Waals surface area contributed by atoms with Crippen LogP contribution in [0.3, 0.4) is 0 Å². The van der Waals surface area contributed by atoms with E-state index in [-0.39, 0.29) is 5.91 Å². The van der Waals surface area contributed by atoms with Gasteiger partial charge < -0.3 is 4.90 Å². The summed E-state index contributed by atoms with van der Waals surface area (Å²) in [6, 6.07) is 7.19. The molecule has 1 amide bonds. The van der Waals surface area contributed by atoms with E-state index in [2.05, 4.69) is 21.7 Å². The van der Waals surface area contributed by atoms with Gasteiger partial charge in [0.15, 0.2) is 0 Å². The van der Waals surface area contributed by atoms with Gasteiger partial charge in [0.1, 0.15) is 0 Å². The Morgan fingerprint density at radius 2 is 1.86 bits per heavy atom. The molecule has 0 saturated carbocycles. The zero-order valence-electron chi connectivity index (χ0n) is 12.0. The summed E-state index contributed by atoms with van der Waals surface area (Å²) in [7, 11) is 0. The highest BCUT2D eigenvalue weighted by molar-refractivity contribution is 7.07. The maximum atomic E-state index is 12.5. The Labute approximate surface area is 144 Å². The van der Waals surface area contributed by atoms with Gasteiger partial charge in [-0.15, -0.1) is 0 Å². The lowest BCUT2D eigenvalue weighted by Crippen LogP contribution is -2.48. The molecule has 1 aromatic carbocycles. The first-order valence-electron chi connectivity index (χ1n) is 7.11. The van der Waals surface area contributed by atoms with Crippen molar-refractivity contribution < 1.29 is 4.79 Å². The van der Waals surface area contributed by atoms with Gasteiger partial charge in [-0.2, -0.15) is 11.3 Å². The quantitative estimate of drug-likeness (QED) is 0.831. The highest BCUT2D eigenvalue weighted by Gasteiger charge is 2.22. The molecule has 1 aliphatic rings. The Hall–Kier alpha value is -1.07. The maximum Gasteiger partial charge on any atom is 0.253 e. The van der Waals surface area contributed by atoms with Crippen LogP contribution < -0.4 is 0 Å². The average molecular weight is 355 g/mol. The number of hydrogen-bond donors (Lipinski definition) is 0. The van der Waals surface area contributed by atoms with Gasteiger partial charge >= 0.3 is 0 Å². The van der Waals surface area contributed by atoms with Crippen molar-refractivity contribution in [3.05, 3.63) is 56.2 Å². The maximum absolute atomic E-state index is 12.5. The summed E-state index contributed by atoms with van der Waals surface area (Å²) in [5, 5.41) is 5.16. The van der Waals surface area contributed by atoms with Crippen LogP contribution in [-0.4, -0.2) is 41.9 Å². The van der Waals surface area contributed by atoms with E-state index in [0.717, 1.165) is 32.7 Å². The van der Waals surface area contributed by atoms with E-state index in [1.165, 1.54) is 5.56 Å². The van der Waals surface area contributed by atoms with E-state index in [1.807, 2.05) is 4.90 Å². The average Bonchev–Trinajstić information content (AvgIpc) is 3.03. The fraction of sp³-hybridized carbons (Fsp3) is 0.312. The van der Waals surface area contributed by atoms with Gasteiger partial charge in [0.25, 0.3) is 5.91 Å². The summed E-state index contributed by atoms with van der Waals surface area (Å²) in [6.07, 6.45) is 0. The number of thiophene rings is 1. The first kappa shape index (κ1) is 15.8. The van der Waals surface area contributed by atoms with Crippen LogP contribution in [0.5, 0.6) is 0 Å². The highest BCUT2D eigenvalue weighted by atomic mass is 35.5. The lowest BCUT2D eigenvalue weighted by Gasteiger charge is -2.34. The zero-order chi connectivity index (χ0) is 15.5. The van der Waals surface area contributed by atoms with Crippen molar-refractivity contribution in [3.8, 4) is 0 Å². The second-order valence-electron chi connectivity index (χ2n) is 5.33. The molecule has 0 N–H and O–H groups in total. The smallest absolute Gasteiger partial charge is 0.253 e. The van der Waals surface area contributed by atoms with E-state index in [9.17, 15) is 4.79 Å². The monoisotopic (exact) mass is 354 g/mol. The van der Waals surface area contributed by atoms with E-state index >= 15 is 0 Å². The van der Waals surface area contributed by atoms with Crippen molar-refractivity contribution >= 4 is 40.4 Å². The molecule has 1 saturated heterocycles. The molecule has 3 rings (SSSR count). The largest absolute Gasteiger partial charge is 0.336 e. The van der Waals surface area contributed by atoms with Crippen LogP contribution in [0.15, 0.2) is 35.0 Å². The van der Waals surface area contributed by atoms with Gasteiger partial charge in [0.2, 0.25) is 0 Å². The summed E-state index contributed by atoms with van der Waals surface area (Å²) in [5.74, 6) is 0.0220. The van der Waals surface area contributed by atoms with Crippen molar-refractivity contribution in [3.63, 3.8) is 0 Å². The minimum Gasteiger partial charge on any atom is -0.336 e. The van der Waals surface area contributed by atoms with Crippen molar-refractivity contribution in [1.29, 1.82) is 0 Å². The summed E-state index contributed by atoms with van der Waals surface area (Å²) in [6.45, 7) is 4.22. The third-order valence-corrected chi connectivity index (χ3v) is 5.28. The molecule has 0 unspecified atom stereocenters. The Morgan fingerprint density at radius 1 is 1.09 bits per heavy atom. The van der Waals surface area contributed by atoms with Crippen LogP contribution in [0.2, 0.25) is 10.0 Å². The Balaban J connectivity index is 1.58. The Bertz CT molecular complexity index is 652. The summed E-state index contributed by atoms with van der Waals surface area (Å²) in [4.78, 5) is 16.7. The number of nitrogens with zero attached hydrogens (tertiary/aromatic N) is 2. The van der Waals surface area contributed by atoms with Crippen molar-refractivity contribution in [2.45, 2.75) is 6.54 Å². The van der Waals surface area contributed by atoms with Crippen LogP contribution in [-0.2, 0) is 6.54 Å². The number of rotatable bonds is 3. The molecule has 0 bridgehead atoms. The lowest BCUT2D eigenvalue weighted by molar-refractivity contribution is 0.0628. The van der Waals surface area contributed by atoms with Crippen LogP contribution in [0.1, 0.15) is 15.9 Å². The molecule has 1 aliphatic heterocycles. The number of benzene rings is 1. The van der Waals surface area contributed by atoms with Gasteiger partial charge in [-0.1, -0.05) is 23.2 Å². The minimum absolute atomic E-state index is 0.0220. The highest BCUT2D eigenvalue weighted by Crippen LogP contribution is 2.23. The molecule has 2 aromatic rings. The Kier molecular flexibility index (Phi) is 5.03. The number of carbonyl (C=O) groups is 1. The van der Waals surface area contributed by atoms with Gasteiger partial charge in [-0.05, 0) is 40.6 Å². The second kappa shape index (κ2) is 7.01. The molecule has 0 aliphatic carbocycles. The van der Waals surface area contributed by atoms with E-state index in [0.29, 0.717) is 15.6 Å². The first-order valence-corrected chi connectivity index (χ1v) is 8.81. The summed E-state index contributed by atoms with van der Waals surface area (Å²) in [5.41, 5.74) is 1.94. The molecule has 3 nitrogen and oxygen atoms in total. The number of hydrogen-bond acceptors (Lipinski definition) is 3. The lowest BCUT2D eigenvalue weighted by atomic mass is 10.1. The van der Waals surface area contributed by atoms with Gasteiger partial charge in [-0.25, -0.2) is 0 Å². The third kappa shape index (κ3) is 3.63. The van der Waals surface area contributed by atoms with Crippen LogP contribution in [0.25, 0.3) is 0 Å². The van der Waals surface area contributed by atoms with E-state index in [4.69, 9.17) is 23.2 Å². The van der Waals surface area contributed by atoms with Gasteiger partial charge in [0, 0.05) is 38.3 Å². The first-order chi connectivity index (χ1) is 10.6. The zero-order valence-corrected chi connectivity index (χ0v) is 14.3. The number of carbonyl (C=O) groups excluding carboxylic acids is 1. The predicted octanol–water partition coefficient (Wildman–Crippen LogP) is 4.01. The molecule has 1 fully saturated rings. The topological polar surface area (TPSA) is 23.6 Å². The number of amides is 1. The Morgan fingerprint density at radius 3 is 2.50 bits per heavy atom. The van der Waals surface area contributed by atoms with Crippen molar-refractivity contribution in [1.82, 2.24) is 9.80 Å². The summed E-state index contributed by atoms with van der Waals surface area (Å²) < 4.78 is 0. The number of piperazine rings is 1. The van der Waals surface area contributed by atoms with Crippen molar-refractivity contribution in [2.75, 3.05) is 26.2 Å². The molecule has 1 aromatic heterocycles. The minimum atomic E-state index is 0.0220. The molecule has 6 heteroatoms. The molecule has 22 heavy (non-hydrogen) atoms. The van der Waals surface area contributed by atoms with Gasteiger partial charge in [-0.3, -0.25) is 9.69 Å².